The Hall–Kier alpha value is -2.11. The molecule has 1 aromatic carbocycles. The number of anilines is 1. The number of rotatable bonds is 2. The van der Waals surface area contributed by atoms with Gasteiger partial charge in [0.2, 0.25) is 5.91 Å². The highest BCUT2D eigenvalue weighted by molar-refractivity contribution is 6.15. The summed E-state index contributed by atoms with van der Waals surface area (Å²) in [5, 5.41) is 11.7. The highest BCUT2D eigenvalue weighted by Gasteiger charge is 2.56. The second-order valence-electron chi connectivity index (χ2n) is 5.05. The van der Waals surface area contributed by atoms with E-state index in [2.05, 4.69) is 5.16 Å². The summed E-state index contributed by atoms with van der Waals surface area (Å²) in [6.45, 7) is 0.512. The molecule has 0 saturated heterocycles. The molecular formula is C13H14FN3O2. The fraction of sp³-hybridized carbons (Fsp3) is 0.385. The van der Waals surface area contributed by atoms with E-state index in [1.807, 2.05) is 0 Å². The number of carbonyl (C=O) groups excluding carboxylic acids is 1. The van der Waals surface area contributed by atoms with Crippen molar-refractivity contribution in [2.75, 3.05) is 11.4 Å². The summed E-state index contributed by atoms with van der Waals surface area (Å²) >= 11 is 0. The van der Waals surface area contributed by atoms with Gasteiger partial charge in [-0.25, -0.2) is 4.39 Å². The minimum absolute atomic E-state index is 0.0534. The number of halogens is 1. The molecule has 1 amide bonds. The average molecular weight is 263 g/mol. The van der Waals surface area contributed by atoms with E-state index in [9.17, 15) is 9.18 Å². The number of carbonyl (C=O) groups is 1. The molecule has 1 aliphatic carbocycles. The summed E-state index contributed by atoms with van der Waals surface area (Å²) < 4.78 is 13.3. The molecule has 0 bridgehead atoms. The fourth-order valence-electron chi connectivity index (χ4n) is 2.62. The molecule has 1 heterocycles. The van der Waals surface area contributed by atoms with Gasteiger partial charge in [0.25, 0.3) is 0 Å². The Bertz CT molecular complexity index is 581. The Labute approximate surface area is 109 Å². The van der Waals surface area contributed by atoms with Gasteiger partial charge >= 0.3 is 0 Å². The Morgan fingerprint density at radius 3 is 2.84 bits per heavy atom. The van der Waals surface area contributed by atoms with Crippen LogP contribution in [0.2, 0.25) is 0 Å². The van der Waals surface area contributed by atoms with Gasteiger partial charge in [0.05, 0.1) is 0 Å². The molecule has 2 aliphatic rings. The molecule has 3 rings (SSSR count). The van der Waals surface area contributed by atoms with Gasteiger partial charge in [-0.05, 0) is 37.0 Å². The highest BCUT2D eigenvalue weighted by Crippen LogP contribution is 2.49. The maximum Gasteiger partial charge on any atom is 0.240 e. The lowest BCUT2D eigenvalue weighted by Gasteiger charge is -2.22. The van der Waals surface area contributed by atoms with E-state index in [0.717, 1.165) is 5.56 Å². The number of fused-ring (bicyclic) bond motifs is 1. The summed E-state index contributed by atoms with van der Waals surface area (Å²) in [7, 11) is 0. The number of benzene rings is 1. The molecule has 0 atom stereocenters. The molecule has 100 valence electrons. The van der Waals surface area contributed by atoms with Crippen LogP contribution < -0.4 is 10.6 Å². The molecule has 1 aliphatic heterocycles. The van der Waals surface area contributed by atoms with Crippen LogP contribution in [-0.2, 0) is 11.2 Å². The molecule has 0 aromatic heterocycles. The Morgan fingerprint density at radius 1 is 1.47 bits per heavy atom. The average Bonchev–Trinajstić information content (AvgIpc) is 3.12. The molecule has 0 spiro atoms. The SMILES string of the molecule is N/C(=N/O)C1(C(=O)N2CCc3ccc(F)cc32)CC1. The zero-order valence-electron chi connectivity index (χ0n) is 10.3. The number of hydrogen-bond donors (Lipinski definition) is 2. The van der Waals surface area contributed by atoms with Crippen LogP contribution in [0.4, 0.5) is 10.1 Å². The van der Waals surface area contributed by atoms with E-state index >= 15 is 0 Å². The van der Waals surface area contributed by atoms with Gasteiger partial charge in [0.15, 0.2) is 5.84 Å². The number of nitrogens with zero attached hydrogens (tertiary/aromatic N) is 2. The van der Waals surface area contributed by atoms with Crippen molar-refractivity contribution < 1.29 is 14.4 Å². The van der Waals surface area contributed by atoms with Crippen LogP contribution in [0.25, 0.3) is 0 Å². The van der Waals surface area contributed by atoms with Gasteiger partial charge in [-0.1, -0.05) is 11.2 Å². The number of nitrogens with two attached hydrogens (primary N) is 1. The summed E-state index contributed by atoms with van der Waals surface area (Å²) in [4.78, 5) is 14.1. The third-order valence-electron chi connectivity index (χ3n) is 3.95. The van der Waals surface area contributed by atoms with Crippen LogP contribution in [0.1, 0.15) is 18.4 Å². The molecular weight excluding hydrogens is 249 g/mol. The first-order valence-corrected chi connectivity index (χ1v) is 6.17. The molecule has 3 N–H and O–H groups in total. The Morgan fingerprint density at radius 2 is 2.21 bits per heavy atom. The summed E-state index contributed by atoms with van der Waals surface area (Å²) in [5.74, 6) is -0.624. The standard InChI is InChI=1S/C13H14FN3O2/c14-9-2-1-8-3-6-17(10(8)7-9)12(18)13(4-5-13)11(15)16-19/h1-2,7,19H,3-6H2,(H2,15,16). The predicted octanol–water partition coefficient (Wildman–Crippen LogP) is 1.24. The number of oxime groups is 1. The molecule has 1 saturated carbocycles. The van der Waals surface area contributed by atoms with Crippen molar-refractivity contribution in [2.45, 2.75) is 19.3 Å². The van der Waals surface area contributed by atoms with Gasteiger partial charge in [0, 0.05) is 12.2 Å². The van der Waals surface area contributed by atoms with Gasteiger partial charge in [-0.15, -0.1) is 0 Å². The molecule has 1 fully saturated rings. The summed E-state index contributed by atoms with van der Waals surface area (Å²) in [5.41, 5.74) is 6.27. The third-order valence-corrected chi connectivity index (χ3v) is 3.95. The molecule has 0 radical (unpaired) electrons. The predicted molar refractivity (Wildman–Crippen MR) is 67.5 cm³/mol. The van der Waals surface area contributed by atoms with Crippen LogP contribution >= 0.6 is 0 Å². The first-order chi connectivity index (χ1) is 9.08. The van der Waals surface area contributed by atoms with E-state index in [4.69, 9.17) is 10.9 Å². The monoisotopic (exact) mass is 263 g/mol. The summed E-state index contributed by atoms with van der Waals surface area (Å²) in [6, 6.07) is 4.45. The maximum absolute atomic E-state index is 13.3. The van der Waals surface area contributed by atoms with E-state index in [-0.39, 0.29) is 17.6 Å². The smallest absolute Gasteiger partial charge is 0.240 e. The minimum Gasteiger partial charge on any atom is -0.409 e. The summed E-state index contributed by atoms with van der Waals surface area (Å²) in [6.07, 6.45) is 1.85. The highest BCUT2D eigenvalue weighted by atomic mass is 19.1. The second-order valence-corrected chi connectivity index (χ2v) is 5.05. The zero-order valence-corrected chi connectivity index (χ0v) is 10.3. The van der Waals surface area contributed by atoms with E-state index in [1.54, 1.807) is 11.0 Å². The molecule has 0 unspecified atom stereocenters. The van der Waals surface area contributed by atoms with Gasteiger partial charge in [-0.2, -0.15) is 0 Å². The number of amidine groups is 1. The van der Waals surface area contributed by atoms with Crippen molar-refractivity contribution in [1.29, 1.82) is 0 Å². The van der Waals surface area contributed by atoms with Crippen LogP contribution in [0.3, 0.4) is 0 Å². The van der Waals surface area contributed by atoms with Crippen molar-refractivity contribution in [3.8, 4) is 0 Å². The van der Waals surface area contributed by atoms with Gasteiger partial charge < -0.3 is 15.8 Å². The van der Waals surface area contributed by atoms with Crippen LogP contribution in [0, 0.1) is 11.2 Å². The number of amides is 1. The Kier molecular flexibility index (Phi) is 2.48. The van der Waals surface area contributed by atoms with Crippen molar-refractivity contribution in [3.05, 3.63) is 29.6 Å². The molecule has 19 heavy (non-hydrogen) atoms. The van der Waals surface area contributed by atoms with E-state index in [0.29, 0.717) is 31.5 Å². The van der Waals surface area contributed by atoms with Crippen molar-refractivity contribution >= 4 is 17.4 Å². The van der Waals surface area contributed by atoms with Crippen molar-refractivity contribution in [1.82, 2.24) is 0 Å². The molecule has 5 nitrogen and oxygen atoms in total. The van der Waals surface area contributed by atoms with E-state index in [1.165, 1.54) is 12.1 Å². The third kappa shape index (κ3) is 1.67. The van der Waals surface area contributed by atoms with Crippen molar-refractivity contribution in [3.63, 3.8) is 0 Å². The lowest BCUT2D eigenvalue weighted by molar-refractivity contribution is -0.121. The fourth-order valence-corrected chi connectivity index (χ4v) is 2.62. The topological polar surface area (TPSA) is 78.9 Å². The minimum atomic E-state index is -0.886. The lowest BCUT2D eigenvalue weighted by Crippen LogP contribution is -2.43. The van der Waals surface area contributed by atoms with Crippen LogP contribution in [0.5, 0.6) is 0 Å². The molecule has 1 aromatic rings. The second kappa shape index (κ2) is 3.94. The van der Waals surface area contributed by atoms with E-state index < -0.39 is 5.41 Å². The van der Waals surface area contributed by atoms with Gasteiger partial charge in [-0.3, -0.25) is 4.79 Å². The maximum atomic E-state index is 13.3. The number of hydrogen-bond acceptors (Lipinski definition) is 3. The van der Waals surface area contributed by atoms with Gasteiger partial charge in [0.1, 0.15) is 11.2 Å². The zero-order chi connectivity index (χ0) is 13.6. The largest absolute Gasteiger partial charge is 0.409 e. The molecule has 6 heteroatoms. The van der Waals surface area contributed by atoms with Crippen LogP contribution in [0.15, 0.2) is 23.4 Å². The lowest BCUT2D eigenvalue weighted by atomic mass is 10.0. The normalized spacial score (nSPS) is 20.3. The van der Waals surface area contributed by atoms with Crippen LogP contribution in [-0.4, -0.2) is 23.5 Å². The first-order valence-electron chi connectivity index (χ1n) is 6.17. The Balaban J connectivity index is 1.94. The quantitative estimate of drug-likeness (QED) is 0.365. The first kappa shape index (κ1) is 12.0. The van der Waals surface area contributed by atoms with Crippen molar-refractivity contribution in [2.24, 2.45) is 16.3 Å².